The monoisotopic (exact) mass is 882 g/mol. The van der Waals surface area contributed by atoms with Crippen LogP contribution in [0.1, 0.15) is 145 Å². The molecule has 0 bridgehead atoms. The van der Waals surface area contributed by atoms with Gasteiger partial charge in [-0.3, -0.25) is 34.2 Å². The van der Waals surface area contributed by atoms with E-state index in [0.29, 0.717) is 28.8 Å². The number of nitrogens with one attached hydrogen (secondary N) is 3. The van der Waals surface area contributed by atoms with Crippen molar-refractivity contribution in [3.63, 3.8) is 0 Å². The third-order valence-corrected chi connectivity index (χ3v) is 14.4. The molecular weight excluding hydrogens is 830 g/mol. The Bertz CT molecular complexity index is 2530. The molecule has 1 saturated heterocycles. The average Bonchev–Trinajstić information content (AvgIpc) is 3.77. The number of pyridine rings is 2. The normalized spacial score (nSPS) is 26.3. The van der Waals surface area contributed by atoms with Gasteiger partial charge < -0.3 is 20.6 Å². The molecule has 1 unspecified atom stereocenters. The van der Waals surface area contributed by atoms with Gasteiger partial charge >= 0.3 is 6.18 Å². The molecule has 3 aromatic heterocycles. The number of halogens is 3. The number of piperidine rings is 1. The molecule has 3 aliphatic carbocycles. The van der Waals surface area contributed by atoms with Crippen molar-refractivity contribution in [3.8, 4) is 0 Å². The molecule has 1 atom stereocenters. The van der Waals surface area contributed by atoms with Crippen LogP contribution in [-0.2, 0) is 21.4 Å². The molecule has 4 fully saturated rings. The first-order chi connectivity index (χ1) is 30.4. The second-order valence-electron chi connectivity index (χ2n) is 19.3. The van der Waals surface area contributed by atoms with Gasteiger partial charge in [0.25, 0.3) is 17.7 Å². The molecule has 4 N–H and O–H groups in total. The predicted octanol–water partition coefficient (Wildman–Crippen LogP) is 7.04. The first kappa shape index (κ1) is 43.6. The molecule has 1 spiro atoms. The maximum absolute atomic E-state index is 13.6. The lowest BCUT2D eigenvalue weighted by atomic mass is 9.57. The Hall–Kier alpha value is -5.68. The third-order valence-electron chi connectivity index (χ3n) is 14.4. The molecule has 2 aliphatic heterocycles. The summed E-state index contributed by atoms with van der Waals surface area (Å²) < 4.78 is 41.5. The van der Waals surface area contributed by atoms with Crippen LogP contribution in [0.5, 0.6) is 0 Å². The van der Waals surface area contributed by atoms with Crippen LogP contribution in [0.2, 0.25) is 0 Å². The molecule has 4 aromatic rings. The summed E-state index contributed by atoms with van der Waals surface area (Å²) in [5.41, 5.74) is 0.791. The lowest BCUT2D eigenvalue weighted by molar-refractivity contribution is -0.141. The van der Waals surface area contributed by atoms with Crippen molar-refractivity contribution >= 4 is 46.4 Å². The number of hydrogen-bond acceptors (Lipinski definition) is 10. The van der Waals surface area contributed by atoms with Gasteiger partial charge in [-0.05, 0) is 139 Å². The van der Waals surface area contributed by atoms with Gasteiger partial charge in [0.05, 0.1) is 39.8 Å². The zero-order valence-corrected chi connectivity index (χ0v) is 36.1. The Morgan fingerprint density at radius 3 is 2.34 bits per heavy atom. The van der Waals surface area contributed by atoms with Crippen molar-refractivity contribution in [2.24, 2.45) is 11.3 Å². The van der Waals surface area contributed by atoms with E-state index in [0.717, 1.165) is 99.0 Å². The second kappa shape index (κ2) is 16.4. The van der Waals surface area contributed by atoms with Crippen LogP contribution in [0.3, 0.4) is 0 Å². The fourth-order valence-corrected chi connectivity index (χ4v) is 11.0. The molecule has 3 saturated carbocycles. The van der Waals surface area contributed by atoms with E-state index in [1.165, 1.54) is 6.07 Å². The highest BCUT2D eigenvalue weighted by atomic mass is 19.4. The number of fused-ring (bicyclic) bond motifs is 2. The smallest absolute Gasteiger partial charge is 0.386 e. The summed E-state index contributed by atoms with van der Waals surface area (Å²) in [5, 5.41) is 24.3. The lowest BCUT2D eigenvalue weighted by Gasteiger charge is -2.53. The summed E-state index contributed by atoms with van der Waals surface area (Å²) in [6.07, 6.45) is 7.68. The average molecular weight is 883 g/mol. The number of anilines is 2. The fraction of sp³-hybridized carbons (Fsp3) is 0.511. The highest BCUT2D eigenvalue weighted by Gasteiger charge is 2.49. The van der Waals surface area contributed by atoms with Gasteiger partial charge in [0, 0.05) is 42.2 Å². The minimum atomic E-state index is -4.70. The van der Waals surface area contributed by atoms with E-state index >= 15 is 0 Å². The van der Waals surface area contributed by atoms with Crippen LogP contribution in [0.25, 0.3) is 5.52 Å². The number of nitrogens with zero attached hydrogens (tertiary/aromatic N) is 5. The van der Waals surface area contributed by atoms with E-state index in [1.54, 1.807) is 42.8 Å². The molecule has 0 radical (unpaired) electrons. The van der Waals surface area contributed by atoms with Gasteiger partial charge in [-0.15, -0.1) is 0 Å². The van der Waals surface area contributed by atoms with Gasteiger partial charge in [0.1, 0.15) is 17.4 Å². The number of carbonyl (C=O) groups excluding carboxylic acids is 5. The molecule has 1 aromatic carbocycles. The molecule has 14 nitrogen and oxygen atoms in total. The maximum atomic E-state index is 13.6. The number of benzene rings is 1. The molecule has 64 heavy (non-hydrogen) atoms. The van der Waals surface area contributed by atoms with E-state index in [-0.39, 0.29) is 41.5 Å². The zero-order valence-electron chi connectivity index (χ0n) is 36.1. The van der Waals surface area contributed by atoms with Gasteiger partial charge in [-0.25, -0.2) is 9.50 Å². The Balaban J connectivity index is 0.759. The van der Waals surface area contributed by atoms with E-state index < -0.39 is 58.7 Å². The number of aromatic nitrogens is 3. The Morgan fingerprint density at radius 2 is 1.66 bits per heavy atom. The summed E-state index contributed by atoms with van der Waals surface area (Å²) in [4.78, 5) is 71.3. The Kier molecular flexibility index (Phi) is 11.2. The molecule has 5 aliphatic rings. The van der Waals surface area contributed by atoms with Crippen molar-refractivity contribution in [2.45, 2.75) is 127 Å². The highest BCUT2D eigenvalue weighted by molar-refractivity contribution is 6.25. The van der Waals surface area contributed by atoms with Crippen molar-refractivity contribution in [1.29, 1.82) is 0 Å². The zero-order chi connectivity index (χ0) is 45.3. The fourth-order valence-electron chi connectivity index (χ4n) is 11.0. The van der Waals surface area contributed by atoms with E-state index in [9.17, 15) is 42.3 Å². The topological polar surface area (TPSA) is 178 Å². The quantitative estimate of drug-likeness (QED) is 0.121. The van der Waals surface area contributed by atoms with Crippen LogP contribution < -0.4 is 16.0 Å². The van der Waals surface area contributed by atoms with Crippen LogP contribution in [0, 0.1) is 11.3 Å². The predicted molar refractivity (Wildman–Crippen MR) is 229 cm³/mol. The van der Waals surface area contributed by atoms with Gasteiger partial charge in [0.2, 0.25) is 11.8 Å². The molecular formula is C47H53F3N8O6. The maximum Gasteiger partial charge on any atom is 0.433 e. The van der Waals surface area contributed by atoms with Crippen molar-refractivity contribution in [1.82, 2.24) is 29.7 Å². The Morgan fingerprint density at radius 1 is 0.938 bits per heavy atom. The minimum absolute atomic E-state index is 0.0752. The summed E-state index contributed by atoms with van der Waals surface area (Å²) in [5.74, 6) is -2.06. The van der Waals surface area contributed by atoms with E-state index in [4.69, 9.17) is 5.10 Å². The SMILES string of the molecule is CN(C[C@H]1CC[C@H](c2cc3cc(C(C)(C)O)c(NC(=O)c4cccc(C(F)(F)F)n4)cn3n2)CC1)C1CCC2(CC1)CC(Nc1cccc3c1C(=O)N(C1CCC(=O)NC1=O)C3=O)C2. The molecule has 338 valence electrons. The molecule has 9 rings (SSSR count). The minimum Gasteiger partial charge on any atom is -0.386 e. The van der Waals surface area contributed by atoms with Crippen molar-refractivity contribution in [2.75, 3.05) is 24.2 Å². The largest absolute Gasteiger partial charge is 0.433 e. The summed E-state index contributed by atoms with van der Waals surface area (Å²) in [6, 6.07) is 11.8. The number of carbonyl (C=O) groups is 5. The summed E-state index contributed by atoms with van der Waals surface area (Å²) in [6.45, 7) is 4.18. The summed E-state index contributed by atoms with van der Waals surface area (Å²) >= 11 is 0. The van der Waals surface area contributed by atoms with Gasteiger partial charge in [-0.1, -0.05) is 12.1 Å². The van der Waals surface area contributed by atoms with Crippen LogP contribution >= 0.6 is 0 Å². The molecule has 5 heterocycles. The number of aliphatic hydroxyl groups is 1. The number of rotatable bonds is 10. The van der Waals surface area contributed by atoms with Crippen LogP contribution in [-0.4, -0.2) is 90.8 Å². The van der Waals surface area contributed by atoms with Crippen LogP contribution in [0.4, 0.5) is 24.5 Å². The number of hydrogen-bond donors (Lipinski definition) is 4. The summed E-state index contributed by atoms with van der Waals surface area (Å²) in [7, 11) is 2.24. The number of alkyl halides is 3. The van der Waals surface area contributed by atoms with E-state index in [2.05, 4.69) is 32.9 Å². The first-order valence-electron chi connectivity index (χ1n) is 22.3. The van der Waals surface area contributed by atoms with Gasteiger partial charge in [-0.2, -0.15) is 18.3 Å². The standard InChI is InChI=1S/C47H53F3N8O6/c1-45(2,64)32-20-30-21-35(55-57(30)25-36(32)53-41(60)34-8-5-9-38(52-34)47(48,49)50)27-12-10-26(11-13-27)24-56(3)29-16-18-46(19-17-29)22-28(23-46)51-33-7-4-6-31-40(33)44(63)58(43(31)62)37-14-15-39(59)54-42(37)61/h4-9,20-21,25-29,37,51,64H,10-19,22-24H2,1-3H3,(H,53,60)(H,54,59,61)/t26-,27-,28?,29?,37?,46?. The third kappa shape index (κ3) is 8.39. The number of amides is 5. The number of imide groups is 2. The first-order valence-corrected chi connectivity index (χ1v) is 22.3. The highest BCUT2D eigenvalue weighted by Crippen LogP contribution is 2.53. The van der Waals surface area contributed by atoms with E-state index in [1.807, 2.05) is 12.1 Å². The van der Waals surface area contributed by atoms with Crippen molar-refractivity contribution in [3.05, 3.63) is 88.5 Å². The van der Waals surface area contributed by atoms with Crippen molar-refractivity contribution < 1.29 is 42.3 Å². The lowest BCUT2D eigenvalue weighted by Crippen LogP contribution is -2.54. The van der Waals surface area contributed by atoms with Gasteiger partial charge in [0.15, 0.2) is 0 Å². The molecule has 17 heteroatoms. The van der Waals surface area contributed by atoms with Crippen LogP contribution in [0.15, 0.2) is 54.7 Å². The second-order valence-corrected chi connectivity index (χ2v) is 19.3. The Labute approximate surface area is 368 Å². The molecule has 5 amide bonds.